The highest BCUT2D eigenvalue weighted by Crippen LogP contribution is 2.36. The minimum Gasteiger partial charge on any atom is -0.378 e. The van der Waals surface area contributed by atoms with Crippen LogP contribution < -0.4 is 11.1 Å². The second-order valence-corrected chi connectivity index (χ2v) is 6.36. The van der Waals surface area contributed by atoms with Gasteiger partial charge in [-0.2, -0.15) is 0 Å². The van der Waals surface area contributed by atoms with Crippen LogP contribution in [0.15, 0.2) is 29.6 Å². The normalized spacial score (nSPS) is 17.6. The SMILES string of the molecule is NC(=O)c1ccc(NC2CCCc3sccc32)cc1Cl. The van der Waals surface area contributed by atoms with E-state index >= 15 is 0 Å². The van der Waals surface area contributed by atoms with Gasteiger partial charge in [0.1, 0.15) is 0 Å². The molecule has 1 heterocycles. The molecule has 0 fully saturated rings. The quantitative estimate of drug-likeness (QED) is 0.901. The third kappa shape index (κ3) is 2.53. The van der Waals surface area contributed by atoms with Crippen molar-refractivity contribution in [1.29, 1.82) is 0 Å². The largest absolute Gasteiger partial charge is 0.378 e. The molecular formula is C15H15ClN2OS. The van der Waals surface area contributed by atoms with Gasteiger partial charge in [0.05, 0.1) is 16.6 Å². The molecule has 3 N–H and O–H groups in total. The number of primary amides is 1. The third-order valence-corrected chi connectivity index (χ3v) is 4.94. The molecule has 1 aromatic carbocycles. The Morgan fingerprint density at radius 1 is 1.40 bits per heavy atom. The molecule has 3 rings (SSSR count). The number of hydrogen-bond acceptors (Lipinski definition) is 3. The van der Waals surface area contributed by atoms with Gasteiger partial charge in [-0.1, -0.05) is 11.6 Å². The zero-order valence-electron chi connectivity index (χ0n) is 10.9. The summed E-state index contributed by atoms with van der Waals surface area (Å²) in [6, 6.07) is 7.80. The number of aryl methyl sites for hydroxylation is 1. The number of halogens is 1. The lowest BCUT2D eigenvalue weighted by Crippen LogP contribution is -2.16. The summed E-state index contributed by atoms with van der Waals surface area (Å²) in [6.07, 6.45) is 3.48. The van der Waals surface area contributed by atoms with Crippen molar-refractivity contribution in [3.8, 4) is 0 Å². The fourth-order valence-corrected chi connectivity index (χ4v) is 3.90. The van der Waals surface area contributed by atoms with Crippen molar-refractivity contribution < 1.29 is 4.79 Å². The van der Waals surface area contributed by atoms with Gasteiger partial charge in [-0.05, 0) is 54.5 Å². The number of carbonyl (C=O) groups excluding carboxylic acids is 1. The highest BCUT2D eigenvalue weighted by molar-refractivity contribution is 7.10. The molecule has 5 heteroatoms. The topological polar surface area (TPSA) is 55.1 Å². The number of nitrogens with one attached hydrogen (secondary N) is 1. The van der Waals surface area contributed by atoms with E-state index in [4.69, 9.17) is 17.3 Å². The Hall–Kier alpha value is -1.52. The maximum atomic E-state index is 11.2. The van der Waals surface area contributed by atoms with Crippen LogP contribution in [0.5, 0.6) is 0 Å². The highest BCUT2D eigenvalue weighted by atomic mass is 35.5. The first-order valence-corrected chi connectivity index (χ1v) is 7.83. The predicted molar refractivity (Wildman–Crippen MR) is 83.6 cm³/mol. The Kier molecular flexibility index (Phi) is 3.68. The van der Waals surface area contributed by atoms with Crippen LogP contribution in [0.4, 0.5) is 5.69 Å². The summed E-state index contributed by atoms with van der Waals surface area (Å²) in [5.41, 5.74) is 7.92. The van der Waals surface area contributed by atoms with Crippen LogP contribution in [-0.4, -0.2) is 5.91 Å². The summed E-state index contributed by atoms with van der Waals surface area (Å²) >= 11 is 7.90. The molecule has 3 nitrogen and oxygen atoms in total. The summed E-state index contributed by atoms with van der Waals surface area (Å²) in [6.45, 7) is 0. The van der Waals surface area contributed by atoms with Gasteiger partial charge in [0.25, 0.3) is 0 Å². The van der Waals surface area contributed by atoms with E-state index in [1.165, 1.54) is 23.3 Å². The molecule has 1 amide bonds. The Balaban J connectivity index is 1.83. The Labute approximate surface area is 126 Å². The van der Waals surface area contributed by atoms with E-state index in [0.717, 1.165) is 12.1 Å². The van der Waals surface area contributed by atoms with Crippen LogP contribution in [0.25, 0.3) is 0 Å². The molecule has 0 aliphatic heterocycles. The maximum absolute atomic E-state index is 11.2. The lowest BCUT2D eigenvalue weighted by atomic mass is 9.94. The van der Waals surface area contributed by atoms with Crippen LogP contribution in [0.3, 0.4) is 0 Å². The molecule has 0 bridgehead atoms. The zero-order chi connectivity index (χ0) is 14.1. The van der Waals surface area contributed by atoms with Crippen molar-refractivity contribution >= 4 is 34.5 Å². The number of thiophene rings is 1. The van der Waals surface area contributed by atoms with Crippen molar-refractivity contribution in [1.82, 2.24) is 0 Å². The molecular weight excluding hydrogens is 292 g/mol. The van der Waals surface area contributed by atoms with Gasteiger partial charge in [-0.15, -0.1) is 11.3 Å². The molecule has 0 saturated carbocycles. The van der Waals surface area contributed by atoms with E-state index in [1.54, 1.807) is 12.1 Å². The number of carbonyl (C=O) groups is 1. The Morgan fingerprint density at radius 2 is 2.25 bits per heavy atom. The summed E-state index contributed by atoms with van der Waals surface area (Å²) in [5, 5.41) is 6.04. The van der Waals surface area contributed by atoms with Crippen molar-refractivity contribution in [2.75, 3.05) is 5.32 Å². The van der Waals surface area contributed by atoms with Gasteiger partial charge in [-0.25, -0.2) is 0 Å². The molecule has 1 unspecified atom stereocenters. The first-order chi connectivity index (χ1) is 9.65. The minimum atomic E-state index is -0.501. The Morgan fingerprint density at radius 3 is 3.00 bits per heavy atom. The van der Waals surface area contributed by atoms with Gasteiger partial charge in [0.2, 0.25) is 5.91 Å². The molecule has 1 atom stereocenters. The fourth-order valence-electron chi connectivity index (χ4n) is 2.64. The fraction of sp³-hybridized carbons (Fsp3) is 0.267. The number of nitrogens with two attached hydrogens (primary N) is 1. The Bertz CT molecular complexity index is 653. The second-order valence-electron chi connectivity index (χ2n) is 4.95. The number of amides is 1. The lowest BCUT2D eigenvalue weighted by Gasteiger charge is -2.25. The van der Waals surface area contributed by atoms with E-state index in [-0.39, 0.29) is 0 Å². The number of hydrogen-bond donors (Lipinski definition) is 2. The van der Waals surface area contributed by atoms with Crippen LogP contribution in [0, 0.1) is 0 Å². The van der Waals surface area contributed by atoms with Crippen LogP contribution >= 0.6 is 22.9 Å². The number of fused-ring (bicyclic) bond motifs is 1. The van der Waals surface area contributed by atoms with Gasteiger partial charge >= 0.3 is 0 Å². The molecule has 1 aliphatic rings. The van der Waals surface area contributed by atoms with Gasteiger partial charge in [-0.3, -0.25) is 4.79 Å². The van der Waals surface area contributed by atoms with Gasteiger partial charge < -0.3 is 11.1 Å². The molecule has 1 aromatic heterocycles. The predicted octanol–water partition coefficient (Wildman–Crippen LogP) is 3.99. The van der Waals surface area contributed by atoms with Gasteiger partial charge in [0, 0.05) is 10.6 Å². The van der Waals surface area contributed by atoms with Crippen molar-refractivity contribution in [3.05, 3.63) is 50.7 Å². The summed E-state index contributed by atoms with van der Waals surface area (Å²) in [7, 11) is 0. The van der Waals surface area contributed by atoms with E-state index < -0.39 is 5.91 Å². The summed E-state index contributed by atoms with van der Waals surface area (Å²) < 4.78 is 0. The number of benzene rings is 1. The van der Waals surface area contributed by atoms with Crippen LogP contribution in [0.1, 0.15) is 39.7 Å². The standard InChI is InChI=1S/C15H15ClN2OS/c16-12-8-9(4-5-10(12)15(17)19)18-13-2-1-3-14-11(13)6-7-20-14/h4-8,13,18H,1-3H2,(H2,17,19). The lowest BCUT2D eigenvalue weighted by molar-refractivity contribution is 0.100. The summed E-state index contributed by atoms with van der Waals surface area (Å²) in [4.78, 5) is 12.6. The molecule has 104 valence electrons. The number of anilines is 1. The first kappa shape index (κ1) is 13.5. The average Bonchev–Trinajstić information content (AvgIpc) is 2.87. The van der Waals surface area contributed by atoms with Crippen molar-refractivity contribution in [2.45, 2.75) is 25.3 Å². The minimum absolute atomic E-state index is 0.320. The van der Waals surface area contributed by atoms with Gasteiger partial charge in [0.15, 0.2) is 0 Å². The molecule has 1 aliphatic carbocycles. The average molecular weight is 307 g/mol. The monoisotopic (exact) mass is 306 g/mol. The second kappa shape index (κ2) is 5.46. The van der Waals surface area contributed by atoms with Crippen LogP contribution in [-0.2, 0) is 6.42 Å². The molecule has 0 radical (unpaired) electrons. The first-order valence-electron chi connectivity index (χ1n) is 6.57. The van der Waals surface area contributed by atoms with Crippen molar-refractivity contribution in [2.24, 2.45) is 5.73 Å². The molecule has 0 spiro atoms. The van der Waals surface area contributed by atoms with E-state index in [9.17, 15) is 4.79 Å². The van der Waals surface area contributed by atoms with E-state index in [1.807, 2.05) is 17.4 Å². The smallest absolute Gasteiger partial charge is 0.250 e. The summed E-state index contributed by atoms with van der Waals surface area (Å²) in [5.74, 6) is -0.501. The van der Waals surface area contributed by atoms with Crippen molar-refractivity contribution in [3.63, 3.8) is 0 Å². The van der Waals surface area contributed by atoms with E-state index in [0.29, 0.717) is 16.6 Å². The van der Waals surface area contributed by atoms with E-state index in [2.05, 4.69) is 16.8 Å². The molecule has 2 aromatic rings. The molecule has 0 saturated heterocycles. The highest BCUT2D eigenvalue weighted by Gasteiger charge is 2.21. The third-order valence-electron chi connectivity index (χ3n) is 3.63. The molecule has 20 heavy (non-hydrogen) atoms. The van der Waals surface area contributed by atoms with Crippen LogP contribution in [0.2, 0.25) is 5.02 Å². The number of rotatable bonds is 3. The zero-order valence-corrected chi connectivity index (χ0v) is 12.4. The maximum Gasteiger partial charge on any atom is 0.250 e.